The van der Waals surface area contributed by atoms with Crippen LogP contribution in [0, 0.1) is 0 Å². The van der Waals surface area contributed by atoms with Gasteiger partial charge in [0.15, 0.2) is 0 Å². The number of fused-ring (bicyclic) bond motifs is 3. The molecule has 3 aromatic rings. The van der Waals surface area contributed by atoms with Crippen molar-refractivity contribution in [3.05, 3.63) is 77.1 Å². The first-order valence-electron chi connectivity index (χ1n) is 11.5. The van der Waals surface area contributed by atoms with Gasteiger partial charge in [-0.25, -0.2) is 4.79 Å². The summed E-state index contributed by atoms with van der Waals surface area (Å²) < 4.78 is 0. The number of hydrogen-bond donors (Lipinski definition) is 3. The Balaban J connectivity index is 1.51. The van der Waals surface area contributed by atoms with Crippen molar-refractivity contribution >= 4 is 28.4 Å². The first kappa shape index (κ1) is 21.5. The molecule has 6 nitrogen and oxygen atoms in total. The van der Waals surface area contributed by atoms with Gasteiger partial charge in [-0.2, -0.15) is 0 Å². The van der Waals surface area contributed by atoms with Crippen LogP contribution in [0.15, 0.2) is 54.7 Å². The lowest BCUT2D eigenvalue weighted by atomic mass is 9.81. The number of amides is 1. The molecule has 0 aliphatic carbocycles. The monoisotopic (exact) mass is 443 g/mol. The fourth-order valence-corrected chi connectivity index (χ4v) is 5.33. The number of aliphatic carboxylic acids is 1. The smallest absolute Gasteiger partial charge is 0.339 e. The number of para-hydroxylation sites is 1. The lowest BCUT2D eigenvalue weighted by molar-refractivity contribution is -0.130. The number of hydrogen-bond acceptors (Lipinski definition) is 3. The summed E-state index contributed by atoms with van der Waals surface area (Å²) >= 11 is 0. The van der Waals surface area contributed by atoms with Crippen LogP contribution in [0.3, 0.4) is 0 Å². The van der Waals surface area contributed by atoms with Crippen LogP contribution in [-0.2, 0) is 10.2 Å². The molecule has 33 heavy (non-hydrogen) atoms. The fourth-order valence-electron chi connectivity index (χ4n) is 5.33. The van der Waals surface area contributed by atoms with Gasteiger partial charge in [-0.15, -0.1) is 0 Å². The predicted octanol–water partition coefficient (Wildman–Crippen LogP) is 4.49. The minimum Gasteiger partial charge on any atom is -0.478 e. The van der Waals surface area contributed by atoms with E-state index >= 15 is 0 Å². The van der Waals surface area contributed by atoms with Gasteiger partial charge >= 0.3 is 5.97 Å². The van der Waals surface area contributed by atoms with E-state index in [0.717, 1.165) is 42.4 Å². The number of carboxylic acids is 1. The van der Waals surface area contributed by atoms with Crippen molar-refractivity contribution in [2.24, 2.45) is 0 Å². The van der Waals surface area contributed by atoms with Gasteiger partial charge in [0.2, 0.25) is 0 Å². The van der Waals surface area contributed by atoms with Crippen LogP contribution in [0.1, 0.15) is 59.8 Å². The molecule has 2 aromatic carbocycles. The van der Waals surface area contributed by atoms with E-state index in [0.29, 0.717) is 23.7 Å². The molecule has 3 heterocycles. The van der Waals surface area contributed by atoms with Crippen molar-refractivity contribution in [2.45, 2.75) is 38.0 Å². The van der Waals surface area contributed by atoms with Crippen LogP contribution >= 0.6 is 0 Å². The molecule has 1 amide bonds. The van der Waals surface area contributed by atoms with Crippen LogP contribution in [0.4, 0.5) is 0 Å². The highest BCUT2D eigenvalue weighted by molar-refractivity contribution is 6.17. The van der Waals surface area contributed by atoms with Crippen LogP contribution < -0.4 is 5.32 Å². The van der Waals surface area contributed by atoms with Gasteiger partial charge in [-0.1, -0.05) is 44.2 Å². The average molecular weight is 444 g/mol. The number of carbonyl (C=O) groups is 2. The minimum absolute atomic E-state index is 0.103. The number of nitrogens with one attached hydrogen (secondary N) is 2. The highest BCUT2D eigenvalue weighted by atomic mass is 16.4. The third-order valence-corrected chi connectivity index (χ3v) is 6.96. The number of nitrogens with zero attached hydrogens (tertiary/aromatic N) is 1. The van der Waals surface area contributed by atoms with Crippen molar-refractivity contribution in [1.82, 2.24) is 15.2 Å². The van der Waals surface area contributed by atoms with E-state index in [9.17, 15) is 14.7 Å². The van der Waals surface area contributed by atoms with Crippen molar-refractivity contribution < 1.29 is 14.7 Å². The van der Waals surface area contributed by atoms with E-state index < -0.39 is 11.4 Å². The van der Waals surface area contributed by atoms with E-state index in [2.05, 4.69) is 24.1 Å². The number of carboxylic acid groups (broad SMARTS) is 1. The lowest BCUT2D eigenvalue weighted by Gasteiger charge is -2.30. The molecular weight excluding hydrogens is 414 g/mol. The Hall–Kier alpha value is -3.38. The summed E-state index contributed by atoms with van der Waals surface area (Å²) in [5, 5.41) is 14.4. The summed E-state index contributed by atoms with van der Waals surface area (Å²) in [6.45, 7) is 6.54. The zero-order chi connectivity index (χ0) is 23.2. The first-order valence-corrected chi connectivity index (χ1v) is 11.5. The summed E-state index contributed by atoms with van der Waals surface area (Å²) in [4.78, 5) is 30.6. The summed E-state index contributed by atoms with van der Waals surface area (Å²) in [7, 11) is 0. The predicted molar refractivity (Wildman–Crippen MR) is 129 cm³/mol. The molecular formula is C27H29N3O3. The molecule has 0 saturated carbocycles. The number of benzene rings is 2. The van der Waals surface area contributed by atoms with Crippen LogP contribution in [-0.4, -0.2) is 46.5 Å². The second-order valence-corrected chi connectivity index (χ2v) is 9.73. The average Bonchev–Trinajstić information content (AvgIpc) is 3.16. The standard InChI is InChI=1S/C27H29N3O3/c1-27(2)16-30(25(31)19-9-7-17(8-10-19)18-11-13-28-14-12-18)15-21(26(32)33)24-23(27)20-5-3-4-6-22(20)29-24/h3-10,15,18,28-29H,11-14,16H2,1-2H3,(H,32,33). The molecule has 6 heteroatoms. The fraction of sp³-hybridized carbons (Fsp3) is 0.333. The Kier molecular flexibility index (Phi) is 5.33. The molecule has 0 unspecified atom stereocenters. The molecule has 1 saturated heterocycles. The normalized spacial score (nSPS) is 18.5. The second kappa shape index (κ2) is 8.19. The summed E-state index contributed by atoms with van der Waals surface area (Å²) in [5.74, 6) is -0.725. The highest BCUT2D eigenvalue weighted by Crippen LogP contribution is 2.40. The summed E-state index contributed by atoms with van der Waals surface area (Å²) in [5.41, 5.74) is 3.89. The van der Waals surface area contributed by atoms with Gasteiger partial charge in [0.25, 0.3) is 5.91 Å². The van der Waals surface area contributed by atoms with Gasteiger partial charge in [-0.3, -0.25) is 4.79 Å². The van der Waals surface area contributed by atoms with Crippen LogP contribution in [0.2, 0.25) is 0 Å². The van der Waals surface area contributed by atoms with E-state index in [4.69, 9.17) is 0 Å². The van der Waals surface area contributed by atoms with Gasteiger partial charge in [-0.05, 0) is 61.2 Å². The molecule has 1 aromatic heterocycles. The minimum atomic E-state index is -1.06. The molecule has 0 radical (unpaired) electrons. The number of piperidine rings is 1. The van der Waals surface area contributed by atoms with Crippen molar-refractivity contribution in [1.29, 1.82) is 0 Å². The zero-order valence-electron chi connectivity index (χ0n) is 19.0. The molecule has 2 aliphatic rings. The van der Waals surface area contributed by atoms with Gasteiger partial charge < -0.3 is 20.3 Å². The number of aromatic nitrogens is 1. The summed E-state index contributed by atoms with van der Waals surface area (Å²) in [6, 6.07) is 15.7. The van der Waals surface area contributed by atoms with Crippen LogP contribution in [0.25, 0.3) is 16.5 Å². The van der Waals surface area contributed by atoms with Crippen LogP contribution in [0.5, 0.6) is 0 Å². The zero-order valence-corrected chi connectivity index (χ0v) is 19.0. The molecule has 3 N–H and O–H groups in total. The largest absolute Gasteiger partial charge is 0.478 e. The molecule has 5 rings (SSSR count). The Bertz CT molecular complexity index is 1250. The number of aromatic amines is 1. The van der Waals surface area contributed by atoms with Gasteiger partial charge in [0.05, 0.1) is 11.3 Å². The maximum atomic E-state index is 13.5. The van der Waals surface area contributed by atoms with E-state index in [1.165, 1.54) is 11.8 Å². The highest BCUT2D eigenvalue weighted by Gasteiger charge is 2.37. The second-order valence-electron chi connectivity index (χ2n) is 9.73. The Labute approximate surface area is 193 Å². The van der Waals surface area contributed by atoms with Crippen molar-refractivity contribution in [3.63, 3.8) is 0 Å². The van der Waals surface area contributed by atoms with E-state index in [1.54, 1.807) is 4.90 Å². The Morgan fingerprint density at radius 2 is 1.73 bits per heavy atom. The lowest BCUT2D eigenvalue weighted by Crippen LogP contribution is -2.37. The maximum Gasteiger partial charge on any atom is 0.339 e. The Morgan fingerprint density at radius 3 is 2.42 bits per heavy atom. The molecule has 0 spiro atoms. The number of H-pyrrole nitrogens is 1. The molecule has 1 fully saturated rings. The topological polar surface area (TPSA) is 85.4 Å². The van der Waals surface area contributed by atoms with E-state index in [-0.39, 0.29) is 11.5 Å². The molecule has 170 valence electrons. The summed E-state index contributed by atoms with van der Waals surface area (Å²) in [6.07, 6.45) is 3.70. The molecule has 0 bridgehead atoms. The Morgan fingerprint density at radius 1 is 1.03 bits per heavy atom. The third kappa shape index (κ3) is 3.85. The van der Waals surface area contributed by atoms with Crippen molar-refractivity contribution in [3.8, 4) is 0 Å². The third-order valence-electron chi connectivity index (χ3n) is 6.96. The van der Waals surface area contributed by atoms with Crippen molar-refractivity contribution in [2.75, 3.05) is 19.6 Å². The quantitative estimate of drug-likeness (QED) is 0.557. The number of rotatable bonds is 3. The number of carbonyl (C=O) groups excluding carboxylic acids is 1. The first-order chi connectivity index (χ1) is 15.8. The maximum absolute atomic E-state index is 13.5. The molecule has 0 atom stereocenters. The SMILES string of the molecule is CC1(C)CN(C(=O)c2ccc(C3CCNCC3)cc2)C=C(C(=O)O)c2[nH]c3ccccc3c21. The molecule has 2 aliphatic heterocycles. The van der Waals surface area contributed by atoms with Gasteiger partial charge in [0, 0.05) is 34.6 Å². The van der Waals surface area contributed by atoms with Gasteiger partial charge in [0.1, 0.15) is 0 Å². The van der Waals surface area contributed by atoms with E-state index in [1.807, 2.05) is 48.5 Å².